The number of piperidine rings is 1. The Labute approximate surface area is 111 Å². The Morgan fingerprint density at radius 3 is 2.44 bits per heavy atom. The molecule has 0 aromatic rings. The Morgan fingerprint density at radius 2 is 1.94 bits per heavy atom. The van der Waals surface area contributed by atoms with Crippen LogP contribution < -0.4 is 5.73 Å². The summed E-state index contributed by atoms with van der Waals surface area (Å²) in [6, 6.07) is 1.07. The Balaban J connectivity index is 1.90. The van der Waals surface area contributed by atoms with E-state index in [-0.39, 0.29) is 0 Å². The van der Waals surface area contributed by atoms with Crippen LogP contribution in [-0.4, -0.2) is 67.8 Å². The van der Waals surface area contributed by atoms with Crippen LogP contribution in [0.2, 0.25) is 0 Å². The lowest BCUT2D eigenvalue weighted by molar-refractivity contribution is -0.0161. The van der Waals surface area contributed by atoms with E-state index in [9.17, 15) is 0 Å². The fourth-order valence-electron chi connectivity index (χ4n) is 3.37. The van der Waals surface area contributed by atoms with E-state index >= 15 is 0 Å². The van der Waals surface area contributed by atoms with Gasteiger partial charge >= 0.3 is 0 Å². The van der Waals surface area contributed by atoms with Gasteiger partial charge in [0, 0.05) is 18.6 Å². The molecule has 2 rings (SSSR count). The van der Waals surface area contributed by atoms with Crippen LogP contribution in [0.25, 0.3) is 0 Å². The highest BCUT2D eigenvalue weighted by atomic mass is 16.5. The standard InChI is InChI=1S/C14H29N3O/c1-11-4-5-14(18-11)13(10-15)17(3)12-6-8-16(2)9-7-12/h11-14H,4-10,15H2,1-3H3. The highest BCUT2D eigenvalue weighted by molar-refractivity contribution is 4.89. The summed E-state index contributed by atoms with van der Waals surface area (Å²) in [7, 11) is 4.44. The van der Waals surface area contributed by atoms with Gasteiger partial charge in [-0.05, 0) is 59.8 Å². The molecule has 0 spiro atoms. The maximum atomic E-state index is 6.02. The fourth-order valence-corrected chi connectivity index (χ4v) is 3.37. The molecule has 2 N–H and O–H groups in total. The van der Waals surface area contributed by atoms with Gasteiger partial charge in [0.2, 0.25) is 0 Å². The first-order valence-corrected chi connectivity index (χ1v) is 7.37. The van der Waals surface area contributed by atoms with Crippen LogP contribution in [0, 0.1) is 0 Å². The number of hydrogen-bond donors (Lipinski definition) is 1. The lowest BCUT2D eigenvalue weighted by Crippen LogP contribution is -2.53. The second-order valence-electron chi connectivity index (χ2n) is 6.07. The fraction of sp³-hybridized carbons (Fsp3) is 1.00. The summed E-state index contributed by atoms with van der Waals surface area (Å²) in [6.45, 7) is 5.28. The number of nitrogens with two attached hydrogens (primary N) is 1. The van der Waals surface area contributed by atoms with Crippen molar-refractivity contribution in [1.82, 2.24) is 9.80 Å². The molecule has 18 heavy (non-hydrogen) atoms. The first kappa shape index (κ1) is 14.3. The third-order valence-electron chi connectivity index (χ3n) is 4.72. The van der Waals surface area contributed by atoms with Crippen molar-refractivity contribution in [2.75, 3.05) is 33.7 Å². The average molecular weight is 255 g/mol. The van der Waals surface area contributed by atoms with Crippen LogP contribution in [0.15, 0.2) is 0 Å². The zero-order valence-corrected chi connectivity index (χ0v) is 12.1. The van der Waals surface area contributed by atoms with Gasteiger partial charge in [-0.15, -0.1) is 0 Å². The van der Waals surface area contributed by atoms with Crippen molar-refractivity contribution in [2.24, 2.45) is 5.73 Å². The molecule has 0 radical (unpaired) electrons. The van der Waals surface area contributed by atoms with Gasteiger partial charge in [-0.2, -0.15) is 0 Å². The molecule has 0 saturated carbocycles. The van der Waals surface area contributed by atoms with E-state index < -0.39 is 0 Å². The number of likely N-dealkylation sites (tertiary alicyclic amines) is 1. The van der Waals surface area contributed by atoms with Crippen molar-refractivity contribution in [2.45, 2.75) is 56.9 Å². The molecule has 2 saturated heterocycles. The van der Waals surface area contributed by atoms with Crippen LogP contribution in [0.3, 0.4) is 0 Å². The lowest BCUT2D eigenvalue weighted by Gasteiger charge is -2.41. The molecule has 2 fully saturated rings. The lowest BCUT2D eigenvalue weighted by atomic mass is 9.99. The van der Waals surface area contributed by atoms with Crippen LogP contribution >= 0.6 is 0 Å². The first-order valence-electron chi connectivity index (χ1n) is 7.37. The van der Waals surface area contributed by atoms with Crippen molar-refractivity contribution >= 4 is 0 Å². The topological polar surface area (TPSA) is 41.7 Å². The van der Waals surface area contributed by atoms with Crippen molar-refractivity contribution in [3.63, 3.8) is 0 Å². The molecule has 0 aliphatic carbocycles. The smallest absolute Gasteiger partial charge is 0.0747 e. The second kappa shape index (κ2) is 6.33. The molecule has 0 amide bonds. The minimum atomic E-state index is 0.342. The predicted molar refractivity (Wildman–Crippen MR) is 74.7 cm³/mol. The average Bonchev–Trinajstić information content (AvgIpc) is 2.77. The molecule has 2 heterocycles. The summed E-state index contributed by atoms with van der Waals surface area (Å²) < 4.78 is 6.02. The van der Waals surface area contributed by atoms with Gasteiger partial charge in [0.05, 0.1) is 12.2 Å². The zero-order chi connectivity index (χ0) is 13.1. The molecule has 2 aliphatic heterocycles. The summed E-state index contributed by atoms with van der Waals surface area (Å²) in [6.07, 6.45) is 5.62. The van der Waals surface area contributed by atoms with E-state index in [2.05, 4.69) is 30.8 Å². The van der Waals surface area contributed by atoms with Gasteiger partial charge in [-0.25, -0.2) is 0 Å². The maximum absolute atomic E-state index is 6.02. The second-order valence-corrected chi connectivity index (χ2v) is 6.07. The molecule has 4 heteroatoms. The van der Waals surface area contributed by atoms with Crippen molar-refractivity contribution in [1.29, 1.82) is 0 Å². The largest absolute Gasteiger partial charge is 0.374 e. The summed E-state index contributed by atoms with van der Waals surface area (Å²) >= 11 is 0. The summed E-state index contributed by atoms with van der Waals surface area (Å²) in [5, 5.41) is 0. The van der Waals surface area contributed by atoms with E-state index in [0.29, 0.717) is 30.8 Å². The summed E-state index contributed by atoms with van der Waals surface area (Å²) in [5.74, 6) is 0. The molecule has 3 atom stereocenters. The SMILES string of the molecule is CC1CCC(C(CN)N(C)C2CCN(C)CC2)O1. The molecular formula is C14H29N3O. The molecular weight excluding hydrogens is 226 g/mol. The van der Waals surface area contributed by atoms with Gasteiger partial charge in [-0.1, -0.05) is 0 Å². The van der Waals surface area contributed by atoms with E-state index in [4.69, 9.17) is 10.5 Å². The predicted octanol–water partition coefficient (Wildman–Crippen LogP) is 0.907. The molecule has 0 aromatic heterocycles. The number of nitrogens with zero attached hydrogens (tertiary/aromatic N) is 2. The number of rotatable bonds is 4. The van der Waals surface area contributed by atoms with Crippen LogP contribution in [0.5, 0.6) is 0 Å². The Hall–Kier alpha value is -0.160. The normalized spacial score (nSPS) is 33.2. The highest BCUT2D eigenvalue weighted by Gasteiger charge is 2.34. The van der Waals surface area contributed by atoms with Crippen molar-refractivity contribution < 1.29 is 4.74 Å². The van der Waals surface area contributed by atoms with Gasteiger partial charge in [0.25, 0.3) is 0 Å². The quantitative estimate of drug-likeness (QED) is 0.811. The number of hydrogen-bond acceptors (Lipinski definition) is 4. The van der Waals surface area contributed by atoms with E-state index in [1.54, 1.807) is 0 Å². The van der Waals surface area contributed by atoms with Crippen LogP contribution in [0.1, 0.15) is 32.6 Å². The molecule has 106 valence electrons. The third kappa shape index (κ3) is 3.23. The molecule has 4 nitrogen and oxygen atoms in total. The Kier molecular flexibility index (Phi) is 5.01. The number of ether oxygens (including phenoxy) is 1. The molecule has 0 aromatic carbocycles. The molecule has 0 bridgehead atoms. The molecule has 2 aliphatic rings. The first-order chi connectivity index (χ1) is 8.61. The minimum Gasteiger partial charge on any atom is -0.374 e. The van der Waals surface area contributed by atoms with E-state index in [1.165, 1.54) is 38.8 Å². The van der Waals surface area contributed by atoms with Gasteiger partial charge in [0.1, 0.15) is 0 Å². The van der Waals surface area contributed by atoms with Gasteiger partial charge in [-0.3, -0.25) is 4.90 Å². The van der Waals surface area contributed by atoms with Gasteiger partial charge < -0.3 is 15.4 Å². The van der Waals surface area contributed by atoms with E-state index in [0.717, 1.165) is 0 Å². The zero-order valence-electron chi connectivity index (χ0n) is 12.1. The Bertz CT molecular complexity index is 253. The minimum absolute atomic E-state index is 0.342. The third-order valence-corrected chi connectivity index (χ3v) is 4.72. The number of likely N-dealkylation sites (N-methyl/N-ethyl adjacent to an activating group) is 1. The van der Waals surface area contributed by atoms with Gasteiger partial charge in [0.15, 0.2) is 0 Å². The van der Waals surface area contributed by atoms with Crippen molar-refractivity contribution in [3.8, 4) is 0 Å². The monoisotopic (exact) mass is 255 g/mol. The van der Waals surface area contributed by atoms with Crippen LogP contribution in [-0.2, 0) is 4.74 Å². The summed E-state index contributed by atoms with van der Waals surface area (Å²) in [5.41, 5.74) is 6.00. The van der Waals surface area contributed by atoms with E-state index in [1.807, 2.05) is 0 Å². The maximum Gasteiger partial charge on any atom is 0.0747 e. The highest BCUT2D eigenvalue weighted by Crippen LogP contribution is 2.26. The molecule has 3 unspecified atom stereocenters. The van der Waals surface area contributed by atoms with Crippen molar-refractivity contribution in [3.05, 3.63) is 0 Å². The Morgan fingerprint density at radius 1 is 1.28 bits per heavy atom. The summed E-state index contributed by atoms with van der Waals surface area (Å²) in [4.78, 5) is 4.91. The van der Waals surface area contributed by atoms with Crippen LogP contribution in [0.4, 0.5) is 0 Å².